The molecule has 3 rings (SSSR count). The molecule has 1 atom stereocenters. The Hall–Kier alpha value is -2.57. The molecule has 152 valence electrons. The van der Waals surface area contributed by atoms with Gasteiger partial charge in [-0.2, -0.15) is 0 Å². The van der Waals surface area contributed by atoms with E-state index in [1.54, 1.807) is 7.11 Å². The maximum absolute atomic E-state index is 12.6. The van der Waals surface area contributed by atoms with Crippen molar-refractivity contribution in [1.82, 2.24) is 15.5 Å². The van der Waals surface area contributed by atoms with Gasteiger partial charge in [-0.3, -0.25) is 14.5 Å². The fourth-order valence-corrected chi connectivity index (χ4v) is 3.86. The van der Waals surface area contributed by atoms with Gasteiger partial charge in [-0.05, 0) is 37.0 Å². The van der Waals surface area contributed by atoms with Crippen molar-refractivity contribution in [3.63, 3.8) is 0 Å². The summed E-state index contributed by atoms with van der Waals surface area (Å²) in [6, 6.07) is 6.52. The first kappa shape index (κ1) is 20.2. The number of carbonyl (C=O) groups excluding carboxylic acids is 3. The number of urea groups is 1. The van der Waals surface area contributed by atoms with Crippen LogP contribution in [0, 0.1) is 0 Å². The molecule has 0 unspecified atom stereocenters. The van der Waals surface area contributed by atoms with Gasteiger partial charge < -0.3 is 15.4 Å². The summed E-state index contributed by atoms with van der Waals surface area (Å²) in [6.07, 6.45) is 7.23. The lowest BCUT2D eigenvalue weighted by Gasteiger charge is -2.17. The van der Waals surface area contributed by atoms with E-state index in [0.717, 1.165) is 37.0 Å². The average molecular weight is 387 g/mol. The smallest absolute Gasteiger partial charge is 0.324 e. The molecule has 1 saturated carbocycles. The molecule has 1 heterocycles. The van der Waals surface area contributed by atoms with Gasteiger partial charge in [0.05, 0.1) is 13.5 Å². The summed E-state index contributed by atoms with van der Waals surface area (Å²) in [5.74, 6) is 0.274. The molecule has 4 amide bonds. The van der Waals surface area contributed by atoms with Crippen molar-refractivity contribution in [2.24, 2.45) is 0 Å². The lowest BCUT2D eigenvalue weighted by Crippen LogP contribution is -2.40. The fourth-order valence-electron chi connectivity index (χ4n) is 3.86. The normalized spacial score (nSPS) is 20.6. The van der Waals surface area contributed by atoms with Gasteiger partial charge >= 0.3 is 6.03 Å². The molecule has 1 aromatic rings. The number of ether oxygens (including phenoxy) is 1. The molecule has 0 spiro atoms. The number of methoxy groups -OCH3 is 1. The Labute approximate surface area is 165 Å². The van der Waals surface area contributed by atoms with Crippen LogP contribution in [0.15, 0.2) is 24.3 Å². The minimum Gasteiger partial charge on any atom is -0.497 e. The number of carbonyl (C=O) groups is 3. The zero-order valence-corrected chi connectivity index (χ0v) is 16.4. The third-order valence-corrected chi connectivity index (χ3v) is 5.50. The van der Waals surface area contributed by atoms with Gasteiger partial charge in [0.1, 0.15) is 11.8 Å². The van der Waals surface area contributed by atoms with Crippen molar-refractivity contribution < 1.29 is 19.1 Å². The molecule has 2 N–H and O–H groups in total. The van der Waals surface area contributed by atoms with Gasteiger partial charge in [-0.25, -0.2) is 4.79 Å². The van der Waals surface area contributed by atoms with Crippen LogP contribution in [0.1, 0.15) is 50.5 Å². The Balaban J connectivity index is 1.48. The van der Waals surface area contributed by atoms with E-state index in [9.17, 15) is 14.4 Å². The molecule has 0 radical (unpaired) electrons. The molecule has 1 aliphatic carbocycles. The van der Waals surface area contributed by atoms with Crippen LogP contribution < -0.4 is 15.4 Å². The number of imide groups is 1. The molecule has 0 bridgehead atoms. The summed E-state index contributed by atoms with van der Waals surface area (Å²) >= 11 is 0. The first-order valence-electron chi connectivity index (χ1n) is 10.1. The van der Waals surface area contributed by atoms with Gasteiger partial charge in [0.25, 0.3) is 5.91 Å². The van der Waals surface area contributed by atoms with Crippen molar-refractivity contribution >= 4 is 17.8 Å². The van der Waals surface area contributed by atoms with Crippen molar-refractivity contribution in [3.8, 4) is 5.75 Å². The van der Waals surface area contributed by atoms with E-state index >= 15 is 0 Å². The molecule has 28 heavy (non-hydrogen) atoms. The van der Waals surface area contributed by atoms with Crippen molar-refractivity contribution in [1.29, 1.82) is 0 Å². The highest BCUT2D eigenvalue weighted by Gasteiger charge is 2.38. The largest absolute Gasteiger partial charge is 0.497 e. The zero-order chi connectivity index (χ0) is 19.9. The monoisotopic (exact) mass is 387 g/mol. The molecule has 0 aromatic heterocycles. The maximum atomic E-state index is 12.6. The van der Waals surface area contributed by atoms with E-state index in [-0.39, 0.29) is 30.8 Å². The van der Waals surface area contributed by atoms with Crippen LogP contribution in [0.4, 0.5) is 4.79 Å². The second-order valence-electron chi connectivity index (χ2n) is 7.55. The van der Waals surface area contributed by atoms with Gasteiger partial charge in [0.15, 0.2) is 0 Å². The fraction of sp³-hybridized carbons (Fsp3) is 0.571. The SMILES string of the molecule is COc1ccc(CCN2C(=O)N[C@@H](CC(=O)NC3CCCCCC3)C2=O)cc1. The molecule has 2 fully saturated rings. The molecule has 1 saturated heterocycles. The Morgan fingerprint density at radius 3 is 2.46 bits per heavy atom. The Bertz CT molecular complexity index is 696. The summed E-state index contributed by atoms with van der Waals surface area (Å²) in [4.78, 5) is 38.3. The number of amides is 4. The lowest BCUT2D eigenvalue weighted by atomic mass is 10.1. The first-order valence-corrected chi connectivity index (χ1v) is 10.1. The standard InChI is InChI=1S/C21H29N3O4/c1-28-17-10-8-15(9-11-17)12-13-24-20(26)18(23-21(24)27)14-19(25)22-16-6-4-2-3-5-7-16/h8-11,16,18H,2-7,12-14H2,1H3,(H,22,25)(H,23,27)/t18-/m0/s1. The third-order valence-electron chi connectivity index (χ3n) is 5.50. The van der Waals surface area contributed by atoms with Crippen molar-refractivity contribution in [2.45, 2.75) is 63.5 Å². The predicted octanol–water partition coefficient (Wildman–Crippen LogP) is 2.39. The molecule has 7 nitrogen and oxygen atoms in total. The number of hydrogen-bond donors (Lipinski definition) is 2. The summed E-state index contributed by atoms with van der Waals surface area (Å²) in [5.41, 5.74) is 1.01. The summed E-state index contributed by atoms with van der Waals surface area (Å²) < 4.78 is 5.13. The number of benzene rings is 1. The quantitative estimate of drug-likeness (QED) is 0.555. The maximum Gasteiger partial charge on any atom is 0.324 e. The highest BCUT2D eigenvalue weighted by molar-refractivity contribution is 6.05. The highest BCUT2D eigenvalue weighted by atomic mass is 16.5. The van der Waals surface area contributed by atoms with Crippen molar-refractivity contribution in [3.05, 3.63) is 29.8 Å². The second kappa shape index (κ2) is 9.57. The number of hydrogen-bond acceptors (Lipinski definition) is 4. The van der Waals surface area contributed by atoms with Gasteiger partial charge in [0, 0.05) is 12.6 Å². The van der Waals surface area contributed by atoms with E-state index in [1.165, 1.54) is 17.7 Å². The Morgan fingerprint density at radius 2 is 1.82 bits per heavy atom. The molecule has 7 heteroatoms. The van der Waals surface area contributed by atoms with E-state index in [2.05, 4.69) is 10.6 Å². The van der Waals surface area contributed by atoms with Crippen LogP contribution in [-0.2, 0) is 16.0 Å². The second-order valence-corrected chi connectivity index (χ2v) is 7.55. The van der Waals surface area contributed by atoms with Crippen LogP contribution in [0.3, 0.4) is 0 Å². The summed E-state index contributed by atoms with van der Waals surface area (Å²) in [5, 5.41) is 5.68. The van der Waals surface area contributed by atoms with Crippen LogP contribution in [0.5, 0.6) is 5.75 Å². The lowest BCUT2D eigenvalue weighted by molar-refractivity contribution is -0.131. The Kier molecular flexibility index (Phi) is 6.90. The predicted molar refractivity (Wildman–Crippen MR) is 105 cm³/mol. The zero-order valence-electron chi connectivity index (χ0n) is 16.4. The average Bonchev–Trinajstić information content (AvgIpc) is 2.85. The summed E-state index contributed by atoms with van der Waals surface area (Å²) in [6.45, 7) is 0.289. The Morgan fingerprint density at radius 1 is 1.14 bits per heavy atom. The topological polar surface area (TPSA) is 87.7 Å². The summed E-state index contributed by atoms with van der Waals surface area (Å²) in [7, 11) is 1.61. The van der Waals surface area contributed by atoms with E-state index in [0.29, 0.717) is 6.42 Å². The molecular formula is C21H29N3O4. The van der Waals surface area contributed by atoms with Gasteiger partial charge in [-0.1, -0.05) is 37.8 Å². The van der Waals surface area contributed by atoms with Crippen LogP contribution in [0.2, 0.25) is 0 Å². The minimum atomic E-state index is -0.769. The number of nitrogens with one attached hydrogen (secondary N) is 2. The number of nitrogens with zero attached hydrogens (tertiary/aromatic N) is 1. The minimum absolute atomic E-state index is 0.000108. The molecule has 1 aromatic carbocycles. The highest BCUT2D eigenvalue weighted by Crippen LogP contribution is 2.18. The van der Waals surface area contributed by atoms with E-state index in [1.807, 2.05) is 24.3 Å². The van der Waals surface area contributed by atoms with E-state index < -0.39 is 12.1 Å². The van der Waals surface area contributed by atoms with Crippen LogP contribution >= 0.6 is 0 Å². The first-order chi connectivity index (χ1) is 13.6. The van der Waals surface area contributed by atoms with Crippen LogP contribution in [-0.4, -0.2) is 48.5 Å². The number of rotatable bonds is 7. The van der Waals surface area contributed by atoms with Gasteiger partial charge in [-0.15, -0.1) is 0 Å². The molecule has 2 aliphatic rings. The van der Waals surface area contributed by atoms with Crippen molar-refractivity contribution in [2.75, 3.05) is 13.7 Å². The third kappa shape index (κ3) is 5.24. The van der Waals surface area contributed by atoms with Gasteiger partial charge in [0.2, 0.25) is 5.91 Å². The van der Waals surface area contributed by atoms with Crippen LogP contribution in [0.25, 0.3) is 0 Å². The molecule has 1 aliphatic heterocycles. The molecular weight excluding hydrogens is 358 g/mol. The van der Waals surface area contributed by atoms with E-state index in [4.69, 9.17) is 4.74 Å².